The van der Waals surface area contributed by atoms with Crippen LogP contribution in [0, 0.1) is 24.2 Å². The van der Waals surface area contributed by atoms with Gasteiger partial charge in [0.05, 0.1) is 6.07 Å². The Balaban J connectivity index is 2.00. The van der Waals surface area contributed by atoms with E-state index in [0.717, 1.165) is 18.5 Å². The summed E-state index contributed by atoms with van der Waals surface area (Å²) in [5.74, 6) is 0.196. The first-order chi connectivity index (χ1) is 9.92. The molecule has 1 aromatic carbocycles. The van der Waals surface area contributed by atoms with E-state index in [4.69, 9.17) is 5.26 Å². The zero-order valence-electron chi connectivity index (χ0n) is 13.0. The van der Waals surface area contributed by atoms with E-state index in [1.807, 2.05) is 49.9 Å². The number of aryl methyl sites for hydroxylation is 1. The maximum Gasteiger partial charge on any atom is 0.247 e. The van der Waals surface area contributed by atoms with Crippen LogP contribution in [0.3, 0.4) is 0 Å². The maximum absolute atomic E-state index is 12.7. The lowest BCUT2D eigenvalue weighted by Crippen LogP contribution is -2.52. The van der Waals surface area contributed by atoms with Crippen LogP contribution in [0.2, 0.25) is 0 Å². The van der Waals surface area contributed by atoms with E-state index in [2.05, 4.69) is 11.4 Å². The second-order valence-electron chi connectivity index (χ2n) is 6.31. The molecule has 0 radical (unpaired) electrons. The van der Waals surface area contributed by atoms with Gasteiger partial charge in [0.2, 0.25) is 5.91 Å². The summed E-state index contributed by atoms with van der Waals surface area (Å²) in [6.07, 6.45) is 1.56. The van der Waals surface area contributed by atoms with E-state index in [1.165, 1.54) is 5.56 Å². The number of anilines is 1. The van der Waals surface area contributed by atoms with Gasteiger partial charge < -0.3 is 10.2 Å². The molecule has 1 aliphatic rings. The van der Waals surface area contributed by atoms with Crippen LogP contribution in [0.15, 0.2) is 24.3 Å². The Hall–Kier alpha value is -2.02. The molecule has 1 aromatic rings. The van der Waals surface area contributed by atoms with Crippen molar-refractivity contribution < 1.29 is 4.79 Å². The monoisotopic (exact) mass is 285 g/mol. The predicted molar refractivity (Wildman–Crippen MR) is 83.8 cm³/mol. The summed E-state index contributed by atoms with van der Waals surface area (Å²) < 4.78 is 0. The highest BCUT2D eigenvalue weighted by atomic mass is 16.2. The largest absolute Gasteiger partial charge is 0.372 e. The van der Waals surface area contributed by atoms with Gasteiger partial charge in [-0.15, -0.1) is 0 Å². The maximum atomic E-state index is 12.7. The average Bonchev–Trinajstić information content (AvgIpc) is 2.49. The number of rotatable bonds is 3. The quantitative estimate of drug-likeness (QED) is 0.929. The van der Waals surface area contributed by atoms with Crippen molar-refractivity contribution in [1.82, 2.24) is 4.90 Å². The van der Waals surface area contributed by atoms with E-state index in [9.17, 15) is 4.79 Å². The summed E-state index contributed by atoms with van der Waals surface area (Å²) in [6, 6.07) is 10.3. The Bertz CT molecular complexity index is 534. The molecule has 0 unspecified atom stereocenters. The minimum atomic E-state index is -0.644. The lowest BCUT2D eigenvalue weighted by atomic mass is 9.95. The van der Waals surface area contributed by atoms with Crippen molar-refractivity contribution in [3.8, 4) is 6.07 Å². The standard InChI is InChI=1S/C17H23N3O/c1-13-4-6-15(7-5-13)19-17(2,3)16(21)20-10-8-14(12-18)9-11-20/h4-7,14,19H,8-11H2,1-3H3. The van der Waals surface area contributed by atoms with E-state index in [-0.39, 0.29) is 11.8 Å². The van der Waals surface area contributed by atoms with Crippen LogP contribution in [-0.2, 0) is 4.79 Å². The molecule has 112 valence electrons. The summed E-state index contributed by atoms with van der Waals surface area (Å²) in [5, 5.41) is 12.2. The Labute approximate surface area is 126 Å². The fraction of sp³-hybridized carbons (Fsp3) is 0.529. The smallest absolute Gasteiger partial charge is 0.247 e. The second-order valence-corrected chi connectivity index (χ2v) is 6.31. The van der Waals surface area contributed by atoms with Crippen molar-refractivity contribution in [3.63, 3.8) is 0 Å². The van der Waals surface area contributed by atoms with E-state index in [1.54, 1.807) is 0 Å². The van der Waals surface area contributed by atoms with Crippen molar-refractivity contribution in [3.05, 3.63) is 29.8 Å². The van der Waals surface area contributed by atoms with Gasteiger partial charge in [-0.05, 0) is 45.7 Å². The summed E-state index contributed by atoms with van der Waals surface area (Å²) in [6.45, 7) is 7.21. The first-order valence-electron chi connectivity index (χ1n) is 7.46. The molecule has 4 heteroatoms. The number of nitrogens with one attached hydrogen (secondary N) is 1. The molecule has 1 saturated heterocycles. The number of hydrogen-bond acceptors (Lipinski definition) is 3. The highest BCUT2D eigenvalue weighted by Crippen LogP contribution is 2.22. The normalized spacial score (nSPS) is 16.4. The molecule has 1 heterocycles. The number of piperidine rings is 1. The minimum absolute atomic E-state index is 0.0967. The Morgan fingerprint density at radius 1 is 1.29 bits per heavy atom. The topological polar surface area (TPSA) is 56.1 Å². The summed E-state index contributed by atoms with van der Waals surface area (Å²) >= 11 is 0. The number of carbonyl (C=O) groups excluding carboxylic acids is 1. The molecule has 0 bridgehead atoms. The third-order valence-electron chi connectivity index (χ3n) is 4.01. The van der Waals surface area contributed by atoms with Crippen LogP contribution in [0.25, 0.3) is 0 Å². The molecule has 1 aliphatic heterocycles. The van der Waals surface area contributed by atoms with Crippen LogP contribution in [0.5, 0.6) is 0 Å². The van der Waals surface area contributed by atoms with Crippen molar-refractivity contribution >= 4 is 11.6 Å². The number of nitriles is 1. The predicted octanol–water partition coefficient (Wildman–Crippen LogP) is 2.95. The molecule has 0 spiro atoms. The fourth-order valence-corrected chi connectivity index (χ4v) is 2.66. The average molecular weight is 285 g/mol. The molecule has 0 aromatic heterocycles. The third kappa shape index (κ3) is 3.75. The molecule has 1 fully saturated rings. The highest BCUT2D eigenvalue weighted by molar-refractivity contribution is 5.88. The van der Waals surface area contributed by atoms with Gasteiger partial charge >= 0.3 is 0 Å². The molecule has 0 atom stereocenters. The van der Waals surface area contributed by atoms with E-state index in [0.29, 0.717) is 13.1 Å². The molecule has 0 aliphatic carbocycles. The van der Waals surface area contributed by atoms with Crippen molar-refractivity contribution in [2.24, 2.45) is 5.92 Å². The van der Waals surface area contributed by atoms with E-state index >= 15 is 0 Å². The number of hydrogen-bond donors (Lipinski definition) is 1. The zero-order valence-corrected chi connectivity index (χ0v) is 13.0. The molecule has 1 amide bonds. The van der Waals surface area contributed by atoms with Crippen LogP contribution in [0.1, 0.15) is 32.3 Å². The first-order valence-corrected chi connectivity index (χ1v) is 7.46. The van der Waals surface area contributed by atoms with Gasteiger partial charge in [-0.3, -0.25) is 4.79 Å². The fourth-order valence-electron chi connectivity index (χ4n) is 2.66. The minimum Gasteiger partial charge on any atom is -0.372 e. The Morgan fingerprint density at radius 3 is 2.38 bits per heavy atom. The van der Waals surface area contributed by atoms with Crippen LogP contribution in [0.4, 0.5) is 5.69 Å². The first kappa shape index (κ1) is 15.4. The number of carbonyl (C=O) groups is 1. The zero-order chi connectivity index (χ0) is 15.5. The summed E-state index contributed by atoms with van der Waals surface area (Å²) in [4.78, 5) is 14.5. The van der Waals surface area contributed by atoms with Crippen molar-refractivity contribution in [2.45, 2.75) is 39.2 Å². The van der Waals surface area contributed by atoms with Gasteiger partial charge in [0.25, 0.3) is 0 Å². The van der Waals surface area contributed by atoms with Gasteiger partial charge in [-0.2, -0.15) is 5.26 Å². The molecular formula is C17H23N3O. The molecule has 2 rings (SSSR count). The lowest BCUT2D eigenvalue weighted by Gasteiger charge is -2.36. The Morgan fingerprint density at radius 2 is 1.86 bits per heavy atom. The van der Waals surface area contributed by atoms with Crippen molar-refractivity contribution in [1.29, 1.82) is 5.26 Å². The molecule has 4 nitrogen and oxygen atoms in total. The number of benzene rings is 1. The lowest BCUT2D eigenvalue weighted by molar-refractivity contribution is -0.136. The molecule has 21 heavy (non-hydrogen) atoms. The van der Waals surface area contributed by atoms with Crippen LogP contribution < -0.4 is 5.32 Å². The third-order valence-corrected chi connectivity index (χ3v) is 4.01. The molecular weight excluding hydrogens is 262 g/mol. The number of nitrogens with zero attached hydrogens (tertiary/aromatic N) is 2. The van der Waals surface area contributed by atoms with Gasteiger partial charge in [-0.1, -0.05) is 17.7 Å². The highest BCUT2D eigenvalue weighted by Gasteiger charge is 2.33. The van der Waals surface area contributed by atoms with Crippen LogP contribution >= 0.6 is 0 Å². The van der Waals surface area contributed by atoms with E-state index < -0.39 is 5.54 Å². The molecule has 1 N–H and O–H groups in total. The molecule has 0 saturated carbocycles. The van der Waals surface area contributed by atoms with Crippen molar-refractivity contribution in [2.75, 3.05) is 18.4 Å². The van der Waals surface area contributed by atoms with Crippen LogP contribution in [-0.4, -0.2) is 29.4 Å². The van der Waals surface area contributed by atoms with Gasteiger partial charge in [0, 0.05) is 24.7 Å². The Kier molecular flexibility index (Phi) is 4.52. The SMILES string of the molecule is Cc1ccc(NC(C)(C)C(=O)N2CCC(C#N)CC2)cc1. The van der Waals surface area contributed by atoms with Gasteiger partial charge in [0.1, 0.15) is 5.54 Å². The second kappa shape index (κ2) is 6.17. The van der Waals surface area contributed by atoms with Gasteiger partial charge in [-0.25, -0.2) is 0 Å². The number of amides is 1. The summed E-state index contributed by atoms with van der Waals surface area (Å²) in [5.41, 5.74) is 1.50. The number of likely N-dealkylation sites (tertiary alicyclic amines) is 1. The van der Waals surface area contributed by atoms with Gasteiger partial charge in [0.15, 0.2) is 0 Å². The summed E-state index contributed by atoms with van der Waals surface area (Å²) in [7, 11) is 0.